The number of imidazole rings is 1. The SMILES string of the molecule is CN1CCC(C#Cc2ccc3c(C(=O)NC(c4cc5ccccc5[nH]4)c4ncn5c4C[C@@H](F)C5)nn(C)c3c2)CC1. The molecule has 0 radical (unpaired) electrons. The van der Waals surface area contributed by atoms with E-state index in [1.807, 2.05) is 60.1 Å². The Labute approximate surface area is 237 Å². The third kappa shape index (κ3) is 4.78. The quantitative estimate of drug-likeness (QED) is 0.327. The van der Waals surface area contributed by atoms with Crippen LogP contribution in [-0.4, -0.2) is 61.4 Å². The molecule has 0 aliphatic carbocycles. The molecule has 41 heavy (non-hydrogen) atoms. The molecule has 2 aliphatic heterocycles. The van der Waals surface area contributed by atoms with Gasteiger partial charge in [0.15, 0.2) is 5.69 Å². The lowest BCUT2D eigenvalue weighted by molar-refractivity contribution is 0.0937. The number of amides is 1. The number of aromatic amines is 1. The molecule has 0 bridgehead atoms. The zero-order valence-corrected chi connectivity index (χ0v) is 23.2. The molecule has 1 saturated heterocycles. The zero-order chi connectivity index (χ0) is 28.1. The molecule has 1 fully saturated rings. The lowest BCUT2D eigenvalue weighted by atomic mass is 9.97. The summed E-state index contributed by atoms with van der Waals surface area (Å²) in [5, 5.41) is 9.55. The minimum atomic E-state index is -0.956. The zero-order valence-electron chi connectivity index (χ0n) is 23.2. The fraction of sp³-hybridized carbons (Fsp3) is 0.344. The number of H-pyrrole nitrogens is 1. The number of hydrogen-bond donors (Lipinski definition) is 2. The summed E-state index contributed by atoms with van der Waals surface area (Å²) in [6, 6.07) is 15.3. The van der Waals surface area contributed by atoms with Gasteiger partial charge >= 0.3 is 0 Å². The average Bonchev–Trinajstić information content (AvgIpc) is 3.74. The predicted octanol–water partition coefficient (Wildman–Crippen LogP) is 4.36. The van der Waals surface area contributed by atoms with Crippen LogP contribution >= 0.6 is 0 Å². The Hall–Kier alpha value is -4.42. The molecule has 9 heteroatoms. The van der Waals surface area contributed by atoms with Crippen LogP contribution in [0.25, 0.3) is 21.8 Å². The number of carbonyl (C=O) groups is 1. The van der Waals surface area contributed by atoms with Crippen molar-refractivity contribution in [3.63, 3.8) is 0 Å². The van der Waals surface area contributed by atoms with Gasteiger partial charge in [-0.05, 0) is 68.7 Å². The van der Waals surface area contributed by atoms with Crippen molar-refractivity contribution in [3.05, 3.63) is 83.2 Å². The van der Waals surface area contributed by atoms with Crippen LogP contribution in [0, 0.1) is 17.8 Å². The first kappa shape index (κ1) is 25.5. The Bertz CT molecular complexity index is 1800. The Kier molecular flexibility index (Phi) is 6.36. The number of aryl methyl sites for hydroxylation is 1. The van der Waals surface area contributed by atoms with Gasteiger partial charge in [0.25, 0.3) is 5.91 Å². The van der Waals surface area contributed by atoms with Crippen LogP contribution < -0.4 is 5.32 Å². The summed E-state index contributed by atoms with van der Waals surface area (Å²) in [6.07, 6.45) is 3.16. The first-order valence-corrected chi connectivity index (χ1v) is 14.2. The summed E-state index contributed by atoms with van der Waals surface area (Å²) in [5.41, 5.74) is 5.29. The fourth-order valence-corrected chi connectivity index (χ4v) is 6.12. The van der Waals surface area contributed by atoms with Crippen molar-refractivity contribution >= 4 is 27.7 Å². The summed E-state index contributed by atoms with van der Waals surface area (Å²) >= 11 is 0. The number of fused-ring (bicyclic) bond motifs is 3. The van der Waals surface area contributed by atoms with Crippen LogP contribution in [0.15, 0.2) is 54.9 Å². The molecule has 1 unspecified atom stereocenters. The molecule has 2 aromatic carbocycles. The molecule has 5 aromatic rings. The number of para-hydroxylation sites is 1. The van der Waals surface area contributed by atoms with Gasteiger partial charge in [-0.2, -0.15) is 5.10 Å². The van der Waals surface area contributed by atoms with Crippen LogP contribution in [0.4, 0.5) is 4.39 Å². The molecule has 5 heterocycles. The topological polar surface area (TPSA) is 83.8 Å². The van der Waals surface area contributed by atoms with E-state index in [-0.39, 0.29) is 18.9 Å². The third-order valence-electron chi connectivity index (χ3n) is 8.40. The van der Waals surface area contributed by atoms with E-state index in [2.05, 4.69) is 44.2 Å². The molecule has 2 N–H and O–H groups in total. The summed E-state index contributed by atoms with van der Waals surface area (Å²) < 4.78 is 17.9. The highest BCUT2D eigenvalue weighted by molar-refractivity contribution is 6.05. The molecule has 7 rings (SSSR count). The van der Waals surface area contributed by atoms with Crippen LogP contribution in [0.5, 0.6) is 0 Å². The number of benzene rings is 2. The Morgan fingerprint density at radius 2 is 1.98 bits per heavy atom. The van der Waals surface area contributed by atoms with E-state index in [4.69, 9.17) is 0 Å². The number of halogens is 1. The molecule has 2 aliphatic rings. The number of aromatic nitrogens is 5. The number of rotatable bonds is 4. The molecule has 208 valence electrons. The number of likely N-dealkylation sites (tertiary alicyclic amines) is 1. The van der Waals surface area contributed by atoms with Gasteiger partial charge in [-0.25, -0.2) is 9.37 Å². The first-order chi connectivity index (χ1) is 19.9. The number of nitrogens with zero attached hydrogens (tertiary/aromatic N) is 5. The molecule has 1 amide bonds. The van der Waals surface area contributed by atoms with Crippen LogP contribution in [0.3, 0.4) is 0 Å². The molecular formula is C32H32FN7O. The highest BCUT2D eigenvalue weighted by Crippen LogP contribution is 2.31. The fourth-order valence-electron chi connectivity index (χ4n) is 6.12. The van der Waals surface area contributed by atoms with E-state index in [1.165, 1.54) is 0 Å². The van der Waals surface area contributed by atoms with Gasteiger partial charge in [0.05, 0.1) is 24.1 Å². The minimum Gasteiger partial charge on any atom is -0.356 e. The van der Waals surface area contributed by atoms with Gasteiger partial charge in [-0.15, -0.1) is 0 Å². The first-order valence-electron chi connectivity index (χ1n) is 14.2. The smallest absolute Gasteiger partial charge is 0.273 e. The minimum absolute atomic E-state index is 0.274. The lowest BCUT2D eigenvalue weighted by Crippen LogP contribution is -2.31. The van der Waals surface area contributed by atoms with Crippen LogP contribution in [-0.2, 0) is 20.0 Å². The summed E-state index contributed by atoms with van der Waals surface area (Å²) in [6.45, 7) is 2.44. The van der Waals surface area contributed by atoms with Crippen molar-refractivity contribution in [1.82, 2.24) is 34.5 Å². The predicted molar refractivity (Wildman–Crippen MR) is 156 cm³/mol. The van der Waals surface area contributed by atoms with E-state index >= 15 is 0 Å². The van der Waals surface area contributed by atoms with E-state index < -0.39 is 12.2 Å². The second-order valence-electron chi connectivity index (χ2n) is 11.3. The second kappa shape index (κ2) is 10.2. The normalized spacial score (nSPS) is 18.4. The highest BCUT2D eigenvalue weighted by Gasteiger charge is 2.32. The number of carbonyl (C=O) groups excluding carboxylic acids is 1. The molecule has 2 atom stereocenters. The van der Waals surface area contributed by atoms with Gasteiger partial charge in [-0.1, -0.05) is 30.0 Å². The number of hydrogen-bond acceptors (Lipinski definition) is 4. The van der Waals surface area contributed by atoms with Crippen molar-refractivity contribution in [1.29, 1.82) is 0 Å². The monoisotopic (exact) mass is 549 g/mol. The Balaban J connectivity index is 1.20. The standard InChI is InChI=1S/C32H32FN7O/c1-38-13-11-20(12-14-38)7-8-21-9-10-24-27(15-21)39(2)37-29(24)32(41)36-30(26-16-22-5-3-4-6-25(22)35-26)31-28-17-23(33)18-40(28)19-34-31/h3-6,9-10,15-16,19-20,23,30,35H,11-14,17-18H2,1-2H3,(H,36,41)/t23-,30?/m1/s1. The molecule has 3 aromatic heterocycles. The number of nitrogens with one attached hydrogen (secondary N) is 2. The van der Waals surface area contributed by atoms with E-state index in [0.29, 0.717) is 17.3 Å². The Morgan fingerprint density at radius 1 is 1.15 bits per heavy atom. The van der Waals surface area contributed by atoms with E-state index in [1.54, 1.807) is 11.0 Å². The van der Waals surface area contributed by atoms with Crippen molar-refractivity contribution < 1.29 is 9.18 Å². The van der Waals surface area contributed by atoms with Crippen LogP contribution in [0.2, 0.25) is 0 Å². The van der Waals surface area contributed by atoms with Gasteiger partial charge in [-0.3, -0.25) is 9.48 Å². The van der Waals surface area contributed by atoms with Gasteiger partial charge in [0.1, 0.15) is 12.2 Å². The van der Waals surface area contributed by atoms with E-state index in [9.17, 15) is 9.18 Å². The maximum atomic E-state index is 14.3. The number of alkyl halides is 1. The molecular weight excluding hydrogens is 517 g/mol. The summed E-state index contributed by atoms with van der Waals surface area (Å²) in [4.78, 5) is 24.2. The molecule has 8 nitrogen and oxygen atoms in total. The van der Waals surface area contributed by atoms with Crippen molar-refractivity contribution in [2.75, 3.05) is 20.1 Å². The maximum Gasteiger partial charge on any atom is 0.273 e. The van der Waals surface area contributed by atoms with Gasteiger partial charge in [0.2, 0.25) is 0 Å². The summed E-state index contributed by atoms with van der Waals surface area (Å²) in [5.74, 6) is 6.88. The number of piperidine rings is 1. The molecule has 0 saturated carbocycles. The average molecular weight is 550 g/mol. The van der Waals surface area contributed by atoms with Crippen molar-refractivity contribution in [3.8, 4) is 11.8 Å². The summed E-state index contributed by atoms with van der Waals surface area (Å²) in [7, 11) is 3.99. The largest absolute Gasteiger partial charge is 0.356 e. The van der Waals surface area contributed by atoms with Crippen molar-refractivity contribution in [2.45, 2.75) is 38.0 Å². The van der Waals surface area contributed by atoms with Gasteiger partial charge < -0.3 is 19.8 Å². The Morgan fingerprint density at radius 3 is 2.80 bits per heavy atom. The van der Waals surface area contributed by atoms with Crippen molar-refractivity contribution in [2.24, 2.45) is 13.0 Å². The highest BCUT2D eigenvalue weighted by atomic mass is 19.1. The van der Waals surface area contributed by atoms with Crippen LogP contribution in [0.1, 0.15) is 52.0 Å². The lowest BCUT2D eigenvalue weighted by Gasteiger charge is -2.25. The third-order valence-corrected chi connectivity index (χ3v) is 8.40. The van der Waals surface area contributed by atoms with E-state index in [0.717, 1.165) is 64.7 Å². The maximum absolute atomic E-state index is 14.3. The van der Waals surface area contributed by atoms with Gasteiger partial charge in [0, 0.05) is 47.2 Å². The molecule has 0 spiro atoms. The second-order valence-corrected chi connectivity index (χ2v) is 11.3.